The van der Waals surface area contributed by atoms with Crippen LogP contribution in [0.1, 0.15) is 24.8 Å². The Morgan fingerprint density at radius 1 is 1.35 bits per heavy atom. The molecule has 0 spiro atoms. The van der Waals surface area contributed by atoms with Gasteiger partial charge in [-0.15, -0.1) is 0 Å². The summed E-state index contributed by atoms with van der Waals surface area (Å²) in [5, 5.41) is 9.57. The fourth-order valence-corrected chi connectivity index (χ4v) is 2.46. The normalized spacial score (nSPS) is 31.6. The summed E-state index contributed by atoms with van der Waals surface area (Å²) in [6.07, 6.45) is 1.98. The number of aliphatic hydroxyl groups is 1. The lowest BCUT2D eigenvalue weighted by atomic mass is 9.91. The smallest absolute Gasteiger partial charge is 0.216 e. The van der Waals surface area contributed by atoms with Crippen molar-refractivity contribution in [1.82, 2.24) is 0 Å². The van der Waals surface area contributed by atoms with Crippen molar-refractivity contribution in [3.8, 4) is 0 Å². The zero-order valence-corrected chi connectivity index (χ0v) is 9.34. The molecule has 0 saturated heterocycles. The summed E-state index contributed by atoms with van der Waals surface area (Å²) < 4.78 is 18.8. The molecule has 3 rings (SSSR count). The molecule has 0 bridgehead atoms. The third-order valence-electron chi connectivity index (χ3n) is 3.34. The monoisotopic (exact) mass is 235 g/mol. The summed E-state index contributed by atoms with van der Waals surface area (Å²) in [6, 6.07) is 6.28. The van der Waals surface area contributed by atoms with E-state index in [2.05, 4.69) is 4.99 Å². The van der Waals surface area contributed by atoms with Gasteiger partial charge >= 0.3 is 0 Å². The molecule has 1 fully saturated rings. The number of rotatable bonds is 1. The molecule has 0 radical (unpaired) electrons. The first-order valence-corrected chi connectivity index (χ1v) is 5.91. The van der Waals surface area contributed by atoms with Crippen LogP contribution in [0.4, 0.5) is 4.39 Å². The maximum atomic E-state index is 13.1. The number of ether oxygens (including phenoxy) is 1. The van der Waals surface area contributed by atoms with Crippen molar-refractivity contribution in [2.75, 3.05) is 0 Å². The first-order valence-electron chi connectivity index (χ1n) is 5.91. The van der Waals surface area contributed by atoms with E-state index in [1.807, 2.05) is 0 Å². The summed E-state index contributed by atoms with van der Waals surface area (Å²) in [5.41, 5.74) is 0.675. The second-order valence-corrected chi connectivity index (χ2v) is 4.64. The van der Waals surface area contributed by atoms with Gasteiger partial charge in [-0.25, -0.2) is 9.38 Å². The minimum absolute atomic E-state index is 0.0250. The molecule has 17 heavy (non-hydrogen) atoms. The summed E-state index contributed by atoms with van der Waals surface area (Å²) in [5.74, 6) is 0.220. The van der Waals surface area contributed by atoms with Crippen LogP contribution in [0.5, 0.6) is 0 Å². The van der Waals surface area contributed by atoms with Crippen molar-refractivity contribution in [2.24, 2.45) is 4.99 Å². The predicted octanol–water partition coefficient (Wildman–Crippen LogP) is 1.88. The molecule has 1 aliphatic heterocycles. The molecule has 2 aliphatic rings. The van der Waals surface area contributed by atoms with Gasteiger partial charge in [0.25, 0.3) is 0 Å². The summed E-state index contributed by atoms with van der Waals surface area (Å²) >= 11 is 0. The van der Waals surface area contributed by atoms with E-state index < -0.39 is 0 Å². The van der Waals surface area contributed by atoms with Gasteiger partial charge in [0.15, 0.2) is 0 Å². The van der Waals surface area contributed by atoms with Crippen molar-refractivity contribution < 1.29 is 14.2 Å². The lowest BCUT2D eigenvalue weighted by Crippen LogP contribution is -2.33. The van der Waals surface area contributed by atoms with Crippen LogP contribution < -0.4 is 0 Å². The molecule has 3 nitrogen and oxygen atoms in total. The van der Waals surface area contributed by atoms with Gasteiger partial charge in [0.2, 0.25) is 5.90 Å². The van der Waals surface area contributed by atoms with E-state index in [0.717, 1.165) is 12.8 Å². The Morgan fingerprint density at radius 2 is 2.24 bits per heavy atom. The van der Waals surface area contributed by atoms with E-state index in [0.29, 0.717) is 17.9 Å². The van der Waals surface area contributed by atoms with E-state index in [9.17, 15) is 9.50 Å². The van der Waals surface area contributed by atoms with Crippen LogP contribution in [0, 0.1) is 5.82 Å². The summed E-state index contributed by atoms with van der Waals surface area (Å²) in [4.78, 5) is 4.44. The zero-order chi connectivity index (χ0) is 11.8. The maximum absolute atomic E-state index is 13.1. The molecule has 1 aliphatic carbocycles. The van der Waals surface area contributed by atoms with Crippen molar-refractivity contribution in [1.29, 1.82) is 0 Å². The molecule has 3 atom stereocenters. The van der Waals surface area contributed by atoms with Crippen molar-refractivity contribution in [3.05, 3.63) is 35.6 Å². The van der Waals surface area contributed by atoms with Crippen molar-refractivity contribution in [2.45, 2.75) is 37.5 Å². The molecule has 1 aromatic carbocycles. The average Bonchev–Trinajstić information content (AvgIpc) is 2.72. The van der Waals surface area contributed by atoms with Gasteiger partial charge in [0, 0.05) is 5.56 Å². The van der Waals surface area contributed by atoms with Crippen LogP contribution in [0.15, 0.2) is 29.3 Å². The number of hydrogen-bond donors (Lipinski definition) is 1. The molecule has 0 aromatic heterocycles. The lowest BCUT2D eigenvalue weighted by Gasteiger charge is -2.25. The first-order chi connectivity index (χ1) is 8.22. The Kier molecular flexibility index (Phi) is 2.59. The van der Waals surface area contributed by atoms with Crippen LogP contribution >= 0.6 is 0 Å². The Bertz CT molecular complexity index is 460. The van der Waals surface area contributed by atoms with E-state index in [1.165, 1.54) is 12.1 Å². The Morgan fingerprint density at radius 3 is 3.06 bits per heavy atom. The fourth-order valence-electron chi connectivity index (χ4n) is 2.46. The molecule has 0 amide bonds. The largest absolute Gasteiger partial charge is 0.472 e. The Balaban J connectivity index is 1.84. The number of fused-ring (bicyclic) bond motifs is 1. The molecule has 3 unspecified atom stereocenters. The number of nitrogens with zero attached hydrogens (tertiary/aromatic N) is 1. The van der Waals surface area contributed by atoms with Gasteiger partial charge in [0.05, 0.1) is 12.1 Å². The third-order valence-corrected chi connectivity index (χ3v) is 3.34. The molecule has 1 heterocycles. The summed E-state index contributed by atoms with van der Waals surface area (Å²) in [7, 11) is 0. The quantitative estimate of drug-likeness (QED) is 0.807. The number of halogens is 1. The number of hydrogen-bond acceptors (Lipinski definition) is 3. The van der Waals surface area contributed by atoms with E-state index in [-0.39, 0.29) is 24.1 Å². The van der Waals surface area contributed by atoms with Gasteiger partial charge < -0.3 is 9.84 Å². The minimum Gasteiger partial charge on any atom is -0.472 e. The first kappa shape index (κ1) is 10.7. The van der Waals surface area contributed by atoms with E-state index in [4.69, 9.17) is 4.74 Å². The molecular formula is C13H14FNO2. The molecular weight excluding hydrogens is 221 g/mol. The molecule has 1 N–H and O–H groups in total. The van der Waals surface area contributed by atoms with Gasteiger partial charge in [-0.1, -0.05) is 6.07 Å². The van der Waals surface area contributed by atoms with Gasteiger partial charge in [0.1, 0.15) is 11.9 Å². The van der Waals surface area contributed by atoms with Crippen LogP contribution in [-0.4, -0.2) is 29.3 Å². The highest BCUT2D eigenvalue weighted by Crippen LogP contribution is 2.30. The Hall–Kier alpha value is -1.42. The second-order valence-electron chi connectivity index (χ2n) is 4.64. The van der Waals surface area contributed by atoms with Gasteiger partial charge in [-0.2, -0.15) is 0 Å². The number of benzene rings is 1. The molecule has 4 heteroatoms. The second kappa shape index (κ2) is 4.11. The van der Waals surface area contributed by atoms with Crippen LogP contribution in [0.3, 0.4) is 0 Å². The minimum atomic E-state index is -0.288. The third kappa shape index (κ3) is 2.05. The molecule has 1 aromatic rings. The highest BCUT2D eigenvalue weighted by atomic mass is 19.1. The molecule has 1 saturated carbocycles. The zero-order valence-electron chi connectivity index (χ0n) is 9.34. The van der Waals surface area contributed by atoms with Crippen molar-refractivity contribution >= 4 is 5.90 Å². The number of aliphatic hydroxyl groups excluding tert-OH is 1. The number of aliphatic imine (C=N–C) groups is 1. The van der Waals surface area contributed by atoms with Crippen LogP contribution in [0.25, 0.3) is 0 Å². The highest BCUT2D eigenvalue weighted by Gasteiger charge is 2.36. The predicted molar refractivity (Wildman–Crippen MR) is 61.5 cm³/mol. The Labute approximate surface area is 98.9 Å². The SMILES string of the molecule is OC1CCC2OC(c3cccc(F)c3)=NC2C1. The highest BCUT2D eigenvalue weighted by molar-refractivity contribution is 5.95. The maximum Gasteiger partial charge on any atom is 0.216 e. The van der Waals surface area contributed by atoms with Gasteiger partial charge in [-0.05, 0) is 37.5 Å². The van der Waals surface area contributed by atoms with Crippen LogP contribution in [0.2, 0.25) is 0 Å². The van der Waals surface area contributed by atoms with Gasteiger partial charge in [-0.3, -0.25) is 0 Å². The summed E-state index contributed by atoms with van der Waals surface area (Å²) in [6.45, 7) is 0. The topological polar surface area (TPSA) is 41.8 Å². The molecule has 90 valence electrons. The van der Waals surface area contributed by atoms with E-state index in [1.54, 1.807) is 12.1 Å². The fraction of sp³-hybridized carbons (Fsp3) is 0.462. The average molecular weight is 235 g/mol. The lowest BCUT2D eigenvalue weighted by molar-refractivity contribution is 0.0624. The van der Waals surface area contributed by atoms with Crippen LogP contribution in [-0.2, 0) is 4.74 Å². The van der Waals surface area contributed by atoms with E-state index >= 15 is 0 Å². The standard InChI is InChI=1S/C13H14FNO2/c14-9-3-1-2-8(6-9)13-15-11-7-10(16)4-5-12(11)17-13/h1-3,6,10-12,16H,4-5,7H2. The van der Waals surface area contributed by atoms with Crippen molar-refractivity contribution in [3.63, 3.8) is 0 Å².